The van der Waals surface area contributed by atoms with Gasteiger partial charge >= 0.3 is 12.2 Å². The van der Waals surface area contributed by atoms with Crippen molar-refractivity contribution in [3.05, 3.63) is 65.5 Å². The number of nitrogens with zero attached hydrogens (tertiary/aromatic N) is 2. The van der Waals surface area contributed by atoms with Crippen LogP contribution in [0.15, 0.2) is 48.5 Å². The summed E-state index contributed by atoms with van der Waals surface area (Å²) in [5, 5.41) is 2.71. The van der Waals surface area contributed by atoms with Crippen LogP contribution in [0.5, 0.6) is 0 Å². The van der Waals surface area contributed by atoms with Gasteiger partial charge in [0.25, 0.3) is 0 Å². The maximum Gasteiger partial charge on any atom is 0.416 e. The number of hydrogen-bond acceptors (Lipinski definition) is 2. The monoisotopic (exact) mass is 426 g/mol. The summed E-state index contributed by atoms with van der Waals surface area (Å²) in [6.07, 6.45) is -2.79. The smallest absolute Gasteiger partial charge is 0.342 e. The zero-order valence-corrected chi connectivity index (χ0v) is 16.7. The lowest BCUT2D eigenvalue weighted by molar-refractivity contribution is -0.137. The van der Waals surface area contributed by atoms with E-state index in [1.807, 2.05) is 24.3 Å². The second-order valence-corrected chi connectivity index (χ2v) is 7.44. The van der Waals surface area contributed by atoms with E-state index in [9.17, 15) is 18.0 Å². The number of hydrogen-bond donors (Lipinski definition) is 2. The van der Waals surface area contributed by atoms with Gasteiger partial charge in [-0.15, -0.1) is 0 Å². The van der Waals surface area contributed by atoms with Crippen LogP contribution < -0.4 is 5.32 Å². The zero-order valence-electron chi connectivity index (χ0n) is 16.7. The van der Waals surface area contributed by atoms with E-state index in [-0.39, 0.29) is 24.1 Å². The quantitative estimate of drug-likeness (QED) is 0.592. The molecule has 0 bridgehead atoms. The van der Waals surface area contributed by atoms with Gasteiger partial charge in [-0.05, 0) is 43.2 Å². The molecule has 0 aliphatic carbocycles. The first-order valence-corrected chi connectivity index (χ1v) is 10.0. The Bertz CT molecular complexity index is 1100. The van der Waals surface area contributed by atoms with Crippen molar-refractivity contribution in [1.29, 1.82) is 0 Å². The summed E-state index contributed by atoms with van der Waals surface area (Å²) >= 11 is 0. The van der Waals surface area contributed by atoms with Crippen LogP contribution >= 0.6 is 0 Å². The number of aromatic nitrogens is 2. The number of halogens is 3. The third-order valence-corrected chi connectivity index (χ3v) is 5.33. The van der Waals surface area contributed by atoms with Crippen LogP contribution in [0.3, 0.4) is 0 Å². The van der Waals surface area contributed by atoms with Gasteiger partial charge in [0.1, 0.15) is 5.82 Å². The van der Waals surface area contributed by atoms with E-state index in [2.05, 4.69) is 27.1 Å². The molecule has 0 unspecified atom stereocenters. The van der Waals surface area contributed by atoms with Crippen LogP contribution in [0.1, 0.15) is 35.7 Å². The van der Waals surface area contributed by atoms with E-state index in [4.69, 9.17) is 0 Å². The molecule has 1 aliphatic heterocycles. The minimum Gasteiger partial charge on any atom is -0.342 e. The number of carbonyl (C=O) groups is 1. The predicted octanol–water partition coefficient (Wildman–Crippen LogP) is 4.52. The highest BCUT2D eigenvalue weighted by atomic mass is 19.4. The first-order valence-electron chi connectivity index (χ1n) is 10.0. The van der Waals surface area contributed by atoms with Gasteiger partial charge in [-0.2, -0.15) is 13.2 Å². The average molecular weight is 426 g/mol. The summed E-state index contributed by atoms with van der Waals surface area (Å²) in [6, 6.07) is 12.5. The Morgan fingerprint density at radius 2 is 1.94 bits per heavy atom. The summed E-state index contributed by atoms with van der Waals surface area (Å²) in [5.41, 5.74) is 1.47. The predicted molar refractivity (Wildman–Crippen MR) is 111 cm³/mol. The van der Waals surface area contributed by atoms with Gasteiger partial charge in [0, 0.05) is 24.6 Å². The van der Waals surface area contributed by atoms with Crippen molar-refractivity contribution in [1.82, 2.24) is 20.2 Å². The number of carbonyl (C=O) groups excluding carboxylic acids is 1. The Morgan fingerprint density at radius 3 is 2.68 bits per heavy atom. The number of piperidine rings is 1. The average Bonchev–Trinajstić information content (AvgIpc) is 3.21. The summed E-state index contributed by atoms with van der Waals surface area (Å²) in [5.74, 6) is 6.60. The number of para-hydroxylation sites is 2. The molecule has 2 aromatic carbocycles. The van der Waals surface area contributed by atoms with Crippen molar-refractivity contribution < 1.29 is 18.0 Å². The number of nitrogens with one attached hydrogen (secondary N) is 2. The van der Waals surface area contributed by atoms with Gasteiger partial charge in [0.15, 0.2) is 0 Å². The van der Waals surface area contributed by atoms with Crippen molar-refractivity contribution in [2.24, 2.45) is 0 Å². The normalized spacial score (nSPS) is 14.9. The van der Waals surface area contributed by atoms with E-state index < -0.39 is 11.7 Å². The number of fused-ring (bicyclic) bond motifs is 1. The molecule has 160 valence electrons. The van der Waals surface area contributed by atoms with Crippen molar-refractivity contribution in [3.8, 4) is 11.8 Å². The molecule has 3 aromatic rings. The number of benzene rings is 2. The van der Waals surface area contributed by atoms with Crippen LogP contribution in [-0.2, 0) is 6.18 Å². The van der Waals surface area contributed by atoms with Gasteiger partial charge in [0.05, 0.1) is 23.1 Å². The maximum absolute atomic E-state index is 12.7. The van der Waals surface area contributed by atoms with Crippen LogP contribution in [0.25, 0.3) is 11.0 Å². The highest BCUT2D eigenvalue weighted by Crippen LogP contribution is 2.29. The van der Waals surface area contributed by atoms with Gasteiger partial charge in [-0.1, -0.05) is 30.0 Å². The van der Waals surface area contributed by atoms with Gasteiger partial charge in [0.2, 0.25) is 0 Å². The zero-order chi connectivity index (χ0) is 21.8. The first kappa shape index (κ1) is 20.8. The minimum atomic E-state index is -4.40. The van der Waals surface area contributed by atoms with Crippen LogP contribution in [0.4, 0.5) is 18.0 Å². The fourth-order valence-electron chi connectivity index (χ4n) is 3.67. The number of alkyl halides is 3. The van der Waals surface area contributed by atoms with Crippen LogP contribution in [0.2, 0.25) is 0 Å². The summed E-state index contributed by atoms with van der Waals surface area (Å²) in [7, 11) is 0. The molecular formula is C23H21F3N4O. The van der Waals surface area contributed by atoms with Crippen LogP contribution in [-0.4, -0.2) is 40.5 Å². The topological polar surface area (TPSA) is 61.0 Å². The molecule has 0 saturated carbocycles. The number of rotatable bonds is 2. The summed E-state index contributed by atoms with van der Waals surface area (Å²) < 4.78 is 38.2. The molecule has 2 heterocycles. The molecule has 31 heavy (non-hydrogen) atoms. The van der Waals surface area contributed by atoms with Gasteiger partial charge in [-0.25, -0.2) is 9.78 Å². The lowest BCUT2D eigenvalue weighted by Crippen LogP contribution is -2.44. The Kier molecular flexibility index (Phi) is 5.85. The number of likely N-dealkylation sites (tertiary alicyclic amines) is 1. The Hall–Kier alpha value is -3.47. The molecule has 0 radical (unpaired) electrons. The molecule has 0 spiro atoms. The van der Waals surface area contributed by atoms with E-state index >= 15 is 0 Å². The molecule has 5 nitrogen and oxygen atoms in total. The standard InChI is InChI=1S/C23H21F3N4O/c24-23(25,26)18-7-3-5-16(15-18)6-4-12-27-22(31)30-13-10-17(11-14-30)21-28-19-8-1-2-9-20(19)29-21/h1-3,5,7-9,15,17H,10-14H2,(H,27,31)(H,28,29). The molecule has 2 amide bonds. The molecule has 1 saturated heterocycles. The third kappa shape index (κ3) is 5.00. The number of amides is 2. The lowest BCUT2D eigenvalue weighted by Gasteiger charge is -2.30. The first-order chi connectivity index (χ1) is 14.9. The molecule has 8 heteroatoms. The molecule has 1 fully saturated rings. The van der Waals surface area contributed by atoms with Gasteiger partial charge < -0.3 is 15.2 Å². The maximum atomic E-state index is 12.7. The highest BCUT2D eigenvalue weighted by molar-refractivity contribution is 5.75. The molecule has 1 aromatic heterocycles. The van der Waals surface area contributed by atoms with Crippen LogP contribution in [0, 0.1) is 11.8 Å². The second-order valence-electron chi connectivity index (χ2n) is 7.44. The lowest BCUT2D eigenvalue weighted by atomic mass is 9.96. The molecule has 4 rings (SSSR count). The van der Waals surface area contributed by atoms with Gasteiger partial charge in [-0.3, -0.25) is 0 Å². The summed E-state index contributed by atoms with van der Waals surface area (Å²) in [6.45, 7) is 1.28. The number of urea groups is 1. The van der Waals surface area contributed by atoms with E-state index in [1.54, 1.807) is 4.90 Å². The van der Waals surface area contributed by atoms with Crippen molar-refractivity contribution in [2.45, 2.75) is 24.9 Å². The number of aromatic amines is 1. The second kappa shape index (κ2) is 8.72. The molecular weight excluding hydrogens is 405 g/mol. The fourth-order valence-corrected chi connectivity index (χ4v) is 3.67. The fraction of sp³-hybridized carbons (Fsp3) is 0.304. The van der Waals surface area contributed by atoms with E-state index in [1.165, 1.54) is 12.1 Å². The summed E-state index contributed by atoms with van der Waals surface area (Å²) in [4.78, 5) is 22.1. The molecule has 0 atom stereocenters. The largest absolute Gasteiger partial charge is 0.416 e. The van der Waals surface area contributed by atoms with Crippen molar-refractivity contribution in [2.75, 3.05) is 19.6 Å². The SMILES string of the molecule is O=C(NCC#Cc1cccc(C(F)(F)F)c1)N1CCC(c2nc3ccccc3[nH]2)CC1. The highest BCUT2D eigenvalue weighted by Gasteiger charge is 2.30. The van der Waals surface area contributed by atoms with E-state index in [0.717, 1.165) is 41.8 Å². The minimum absolute atomic E-state index is 0.0680. The molecule has 2 N–H and O–H groups in total. The Morgan fingerprint density at radius 1 is 1.16 bits per heavy atom. The number of imidazole rings is 1. The third-order valence-electron chi connectivity index (χ3n) is 5.33. The Balaban J connectivity index is 1.27. The number of H-pyrrole nitrogens is 1. The molecule has 1 aliphatic rings. The van der Waals surface area contributed by atoms with Crippen molar-refractivity contribution >= 4 is 17.1 Å². The van der Waals surface area contributed by atoms with Crippen molar-refractivity contribution in [3.63, 3.8) is 0 Å². The Labute approximate surface area is 177 Å². The van der Waals surface area contributed by atoms with E-state index in [0.29, 0.717) is 13.1 Å².